The van der Waals surface area contributed by atoms with Gasteiger partial charge in [-0.3, -0.25) is 9.59 Å². The topological polar surface area (TPSA) is 80.6 Å². The van der Waals surface area contributed by atoms with Crippen molar-refractivity contribution in [3.8, 4) is 5.75 Å². The normalized spacial score (nSPS) is 11.6. The van der Waals surface area contributed by atoms with Crippen molar-refractivity contribution in [1.82, 2.24) is 5.32 Å². The van der Waals surface area contributed by atoms with Gasteiger partial charge in [-0.15, -0.1) is 11.3 Å². The summed E-state index contributed by atoms with van der Waals surface area (Å²) in [5.74, 6) is 0.477. The Bertz CT molecular complexity index is 900. The van der Waals surface area contributed by atoms with Crippen molar-refractivity contribution in [1.29, 1.82) is 0 Å². The molecule has 2 heterocycles. The number of hydrogen-bond acceptors (Lipinski definition) is 5. The number of thiophene rings is 1. The molecule has 2 amide bonds. The molecular weight excluding hydrogens is 364 g/mol. The van der Waals surface area contributed by atoms with Crippen molar-refractivity contribution >= 4 is 28.2 Å². The fourth-order valence-corrected chi connectivity index (χ4v) is 3.28. The molecular formula is C20H20N2O4S. The van der Waals surface area contributed by atoms with Crippen LogP contribution in [0.2, 0.25) is 0 Å². The van der Waals surface area contributed by atoms with Crippen LogP contribution >= 0.6 is 11.3 Å². The number of amides is 2. The third kappa shape index (κ3) is 4.77. The number of nitrogens with one attached hydrogen (secondary N) is 2. The van der Waals surface area contributed by atoms with E-state index < -0.39 is 0 Å². The number of furan rings is 1. The highest BCUT2D eigenvalue weighted by atomic mass is 32.1. The summed E-state index contributed by atoms with van der Waals surface area (Å²) in [5.41, 5.74) is 0.981. The first-order chi connectivity index (χ1) is 13.1. The predicted octanol–water partition coefficient (Wildman–Crippen LogP) is 4.48. The molecule has 2 aromatic heterocycles. The number of ether oxygens (including phenoxy) is 1. The van der Waals surface area contributed by atoms with Crippen molar-refractivity contribution in [2.75, 3.05) is 11.9 Å². The fourth-order valence-electron chi connectivity index (χ4n) is 2.48. The molecule has 0 saturated heterocycles. The lowest BCUT2D eigenvalue weighted by Gasteiger charge is -2.14. The number of carbonyl (C=O) groups excluding carboxylic acids is 2. The van der Waals surface area contributed by atoms with Crippen LogP contribution in [0.15, 0.2) is 59.2 Å². The van der Waals surface area contributed by atoms with Gasteiger partial charge >= 0.3 is 0 Å². The zero-order valence-electron chi connectivity index (χ0n) is 15.0. The summed E-state index contributed by atoms with van der Waals surface area (Å²) < 4.78 is 10.5. The third-order valence-electron chi connectivity index (χ3n) is 3.85. The molecule has 0 radical (unpaired) electrons. The van der Waals surface area contributed by atoms with Crippen molar-refractivity contribution in [3.05, 3.63) is 71.0 Å². The van der Waals surface area contributed by atoms with Gasteiger partial charge in [0.25, 0.3) is 11.8 Å². The molecule has 3 aromatic rings. The average molecular weight is 384 g/mol. The van der Waals surface area contributed by atoms with Gasteiger partial charge in [-0.05, 0) is 55.8 Å². The minimum atomic E-state index is -0.350. The van der Waals surface area contributed by atoms with Crippen LogP contribution in [0.3, 0.4) is 0 Å². The zero-order valence-corrected chi connectivity index (χ0v) is 15.8. The summed E-state index contributed by atoms with van der Waals surface area (Å²) in [4.78, 5) is 25.0. The first-order valence-electron chi connectivity index (χ1n) is 8.55. The van der Waals surface area contributed by atoms with Crippen LogP contribution < -0.4 is 15.4 Å². The van der Waals surface area contributed by atoms with Crippen LogP contribution in [0.25, 0.3) is 0 Å². The molecule has 0 spiro atoms. The Morgan fingerprint density at radius 2 is 1.89 bits per heavy atom. The van der Waals surface area contributed by atoms with Gasteiger partial charge < -0.3 is 19.8 Å². The van der Waals surface area contributed by atoms with Crippen molar-refractivity contribution in [2.45, 2.75) is 19.9 Å². The summed E-state index contributed by atoms with van der Waals surface area (Å²) in [5, 5.41) is 6.25. The Balaban J connectivity index is 1.59. The Kier molecular flexibility index (Phi) is 5.93. The molecule has 0 saturated carbocycles. The number of rotatable bonds is 7. The van der Waals surface area contributed by atoms with Gasteiger partial charge in [0.1, 0.15) is 5.75 Å². The fraction of sp³-hybridized carbons (Fsp3) is 0.200. The van der Waals surface area contributed by atoms with Crippen LogP contribution in [0.4, 0.5) is 5.00 Å². The summed E-state index contributed by atoms with van der Waals surface area (Å²) >= 11 is 1.21. The van der Waals surface area contributed by atoms with Gasteiger partial charge in [0.15, 0.2) is 5.76 Å². The van der Waals surface area contributed by atoms with E-state index in [4.69, 9.17) is 9.15 Å². The highest BCUT2D eigenvalue weighted by Gasteiger charge is 2.15. The summed E-state index contributed by atoms with van der Waals surface area (Å²) in [6.07, 6.45) is 1.44. The first-order valence-corrected chi connectivity index (χ1v) is 9.36. The molecule has 6 nitrogen and oxygen atoms in total. The largest absolute Gasteiger partial charge is 0.494 e. The van der Waals surface area contributed by atoms with Crippen LogP contribution in [-0.4, -0.2) is 18.4 Å². The van der Waals surface area contributed by atoms with E-state index >= 15 is 0 Å². The monoisotopic (exact) mass is 384 g/mol. The first kappa shape index (κ1) is 18.7. The highest BCUT2D eigenvalue weighted by Crippen LogP contribution is 2.24. The molecule has 0 aliphatic carbocycles. The van der Waals surface area contributed by atoms with E-state index in [0.29, 0.717) is 16.5 Å². The van der Waals surface area contributed by atoms with E-state index in [1.165, 1.54) is 17.6 Å². The van der Waals surface area contributed by atoms with Crippen molar-refractivity contribution < 1.29 is 18.7 Å². The van der Waals surface area contributed by atoms with Crippen LogP contribution in [-0.2, 0) is 0 Å². The molecule has 0 bridgehead atoms. The van der Waals surface area contributed by atoms with Gasteiger partial charge in [-0.25, -0.2) is 0 Å². The van der Waals surface area contributed by atoms with Crippen molar-refractivity contribution in [3.63, 3.8) is 0 Å². The Morgan fingerprint density at radius 3 is 2.56 bits per heavy atom. The van der Waals surface area contributed by atoms with E-state index in [0.717, 1.165) is 11.3 Å². The Morgan fingerprint density at radius 1 is 1.11 bits per heavy atom. The number of carbonyl (C=O) groups is 2. The Labute approximate surface area is 161 Å². The van der Waals surface area contributed by atoms with E-state index in [-0.39, 0.29) is 23.6 Å². The minimum Gasteiger partial charge on any atom is -0.494 e. The molecule has 0 aliphatic heterocycles. The molecule has 0 fully saturated rings. The van der Waals surface area contributed by atoms with Gasteiger partial charge in [0, 0.05) is 0 Å². The van der Waals surface area contributed by atoms with E-state index in [2.05, 4.69) is 10.6 Å². The smallest absolute Gasteiger partial charge is 0.291 e. The third-order valence-corrected chi connectivity index (χ3v) is 4.85. The second-order valence-electron chi connectivity index (χ2n) is 5.79. The molecule has 1 aromatic carbocycles. The SMILES string of the molecule is CCOc1ccc(C(C)NC(=O)c2ccc(NC(=O)c3ccco3)s2)cc1. The van der Waals surface area contributed by atoms with Gasteiger partial charge in [-0.2, -0.15) is 0 Å². The second kappa shape index (κ2) is 8.55. The maximum absolute atomic E-state index is 12.5. The van der Waals surface area contributed by atoms with Crippen molar-refractivity contribution in [2.24, 2.45) is 0 Å². The number of anilines is 1. The summed E-state index contributed by atoms with van der Waals surface area (Å²) in [7, 11) is 0. The molecule has 1 unspecified atom stereocenters. The van der Waals surface area contributed by atoms with Crippen LogP contribution in [0.5, 0.6) is 5.75 Å². The molecule has 0 aliphatic rings. The minimum absolute atomic E-state index is 0.156. The molecule has 140 valence electrons. The standard InChI is InChI=1S/C20H20N2O4S/c1-3-25-15-8-6-14(7-9-15)13(2)21-20(24)17-10-11-18(27-17)22-19(23)16-5-4-12-26-16/h4-13H,3H2,1-2H3,(H,21,24)(H,22,23). The molecule has 3 rings (SSSR count). The van der Waals surface area contributed by atoms with Gasteiger partial charge in [-0.1, -0.05) is 12.1 Å². The molecule has 7 heteroatoms. The van der Waals surface area contributed by atoms with Crippen LogP contribution in [0, 0.1) is 0 Å². The summed E-state index contributed by atoms with van der Waals surface area (Å²) in [6, 6.07) is 14.1. The highest BCUT2D eigenvalue weighted by molar-refractivity contribution is 7.18. The average Bonchev–Trinajstić information content (AvgIpc) is 3.34. The number of benzene rings is 1. The Hall–Kier alpha value is -3.06. The molecule has 2 N–H and O–H groups in total. The van der Waals surface area contributed by atoms with Gasteiger partial charge in [0.2, 0.25) is 0 Å². The lowest BCUT2D eigenvalue weighted by Crippen LogP contribution is -2.25. The van der Waals surface area contributed by atoms with E-state index in [1.807, 2.05) is 38.1 Å². The number of hydrogen-bond donors (Lipinski definition) is 2. The quantitative estimate of drug-likeness (QED) is 0.629. The lowest BCUT2D eigenvalue weighted by atomic mass is 10.1. The summed E-state index contributed by atoms with van der Waals surface area (Å²) in [6.45, 7) is 4.46. The van der Waals surface area contributed by atoms with E-state index in [9.17, 15) is 9.59 Å². The maximum Gasteiger partial charge on any atom is 0.291 e. The lowest BCUT2D eigenvalue weighted by molar-refractivity contribution is 0.0942. The van der Waals surface area contributed by atoms with Crippen LogP contribution in [0.1, 0.15) is 45.7 Å². The molecule has 1 atom stereocenters. The predicted molar refractivity (Wildman–Crippen MR) is 104 cm³/mol. The molecule has 27 heavy (non-hydrogen) atoms. The maximum atomic E-state index is 12.5. The zero-order chi connectivity index (χ0) is 19.2. The van der Waals surface area contributed by atoms with Gasteiger partial charge in [0.05, 0.1) is 28.8 Å². The second-order valence-corrected chi connectivity index (χ2v) is 6.88. The van der Waals surface area contributed by atoms with E-state index in [1.54, 1.807) is 24.3 Å².